The number of hydrogen-bond donors (Lipinski definition) is 3. The third-order valence-electron chi connectivity index (χ3n) is 1.97. The number of aromatic nitrogens is 1. The summed E-state index contributed by atoms with van der Waals surface area (Å²) in [6, 6.07) is 2.65. The molecule has 0 unspecified atom stereocenters. The Morgan fingerprint density at radius 2 is 1.94 bits per heavy atom. The Bertz CT molecular complexity index is 480. The summed E-state index contributed by atoms with van der Waals surface area (Å²) in [6.07, 6.45) is 1.30. The second-order valence-corrected chi connectivity index (χ2v) is 4.92. The number of carbonyl (C=O) groups excluding carboxylic acids is 2. The molecule has 0 saturated heterocycles. The molecule has 0 radical (unpaired) electrons. The molecule has 0 aromatic carbocycles. The second kappa shape index (κ2) is 5.48. The van der Waals surface area contributed by atoms with Gasteiger partial charge >= 0.3 is 0 Å². The van der Waals surface area contributed by atoms with Gasteiger partial charge < -0.3 is 15.6 Å². The molecule has 0 aliphatic heterocycles. The van der Waals surface area contributed by atoms with E-state index in [1.165, 1.54) is 18.3 Å². The Hall–Kier alpha value is -2.11. The van der Waals surface area contributed by atoms with E-state index in [0.717, 1.165) is 0 Å². The molecule has 1 aromatic heterocycles. The number of H-pyrrole nitrogens is 1. The zero-order chi connectivity index (χ0) is 13.8. The van der Waals surface area contributed by atoms with Crippen LogP contribution < -0.4 is 16.2 Å². The van der Waals surface area contributed by atoms with Crippen LogP contribution in [-0.4, -0.2) is 28.9 Å². The van der Waals surface area contributed by atoms with Gasteiger partial charge in [-0.3, -0.25) is 14.4 Å². The standard InChI is InChI=1S/C12H17N3O3/c1-12(2,3)15-10(17)7-14-11(18)8-4-5-9(16)13-6-8/h4-6H,7H2,1-3H3,(H,13,16)(H,14,18)(H,15,17). The van der Waals surface area contributed by atoms with Crippen molar-refractivity contribution in [2.45, 2.75) is 26.3 Å². The van der Waals surface area contributed by atoms with Crippen molar-refractivity contribution in [1.82, 2.24) is 15.6 Å². The van der Waals surface area contributed by atoms with E-state index >= 15 is 0 Å². The minimum Gasteiger partial charge on any atom is -0.350 e. The number of aromatic amines is 1. The van der Waals surface area contributed by atoms with Crippen molar-refractivity contribution in [3.05, 3.63) is 34.2 Å². The van der Waals surface area contributed by atoms with E-state index in [1.54, 1.807) is 0 Å². The molecule has 6 heteroatoms. The van der Waals surface area contributed by atoms with Gasteiger partial charge in [0, 0.05) is 17.8 Å². The minimum atomic E-state index is -0.407. The normalized spacial score (nSPS) is 10.8. The maximum Gasteiger partial charge on any atom is 0.253 e. The molecule has 2 amide bonds. The van der Waals surface area contributed by atoms with Crippen molar-refractivity contribution < 1.29 is 9.59 Å². The molecule has 0 atom stereocenters. The summed E-state index contributed by atoms with van der Waals surface area (Å²) in [4.78, 5) is 36.3. The first kappa shape index (κ1) is 14.0. The van der Waals surface area contributed by atoms with E-state index < -0.39 is 5.91 Å². The lowest BCUT2D eigenvalue weighted by Gasteiger charge is -2.20. The highest BCUT2D eigenvalue weighted by Gasteiger charge is 2.14. The van der Waals surface area contributed by atoms with E-state index in [9.17, 15) is 14.4 Å². The van der Waals surface area contributed by atoms with Crippen LogP contribution in [0, 0.1) is 0 Å². The fraction of sp³-hybridized carbons (Fsp3) is 0.417. The highest BCUT2D eigenvalue weighted by molar-refractivity contribution is 5.96. The van der Waals surface area contributed by atoms with Crippen LogP contribution in [0.3, 0.4) is 0 Å². The molecule has 98 valence electrons. The molecular weight excluding hydrogens is 234 g/mol. The summed E-state index contributed by atoms with van der Waals surface area (Å²) in [5, 5.41) is 5.19. The number of rotatable bonds is 3. The quantitative estimate of drug-likeness (QED) is 0.707. The van der Waals surface area contributed by atoms with E-state index in [4.69, 9.17) is 0 Å². The van der Waals surface area contributed by atoms with E-state index in [1.807, 2.05) is 20.8 Å². The van der Waals surface area contributed by atoms with E-state index in [-0.39, 0.29) is 23.6 Å². The molecule has 0 aliphatic rings. The molecule has 0 saturated carbocycles. The molecule has 3 N–H and O–H groups in total. The summed E-state index contributed by atoms with van der Waals surface area (Å²) < 4.78 is 0. The smallest absolute Gasteiger partial charge is 0.253 e. The van der Waals surface area contributed by atoms with Crippen LogP contribution in [0.2, 0.25) is 0 Å². The number of hydrogen-bond acceptors (Lipinski definition) is 3. The van der Waals surface area contributed by atoms with Gasteiger partial charge in [0.05, 0.1) is 12.1 Å². The van der Waals surface area contributed by atoms with Crippen molar-refractivity contribution in [2.75, 3.05) is 6.54 Å². The van der Waals surface area contributed by atoms with Crippen molar-refractivity contribution in [1.29, 1.82) is 0 Å². The molecule has 1 heterocycles. The van der Waals surface area contributed by atoms with Gasteiger partial charge in [-0.1, -0.05) is 0 Å². The van der Waals surface area contributed by atoms with Gasteiger partial charge in [0.1, 0.15) is 0 Å². The fourth-order valence-electron chi connectivity index (χ4n) is 1.28. The summed E-state index contributed by atoms with van der Waals surface area (Å²) >= 11 is 0. The zero-order valence-electron chi connectivity index (χ0n) is 10.7. The van der Waals surface area contributed by atoms with Crippen molar-refractivity contribution >= 4 is 11.8 Å². The van der Waals surface area contributed by atoms with Crippen molar-refractivity contribution in [3.8, 4) is 0 Å². The Morgan fingerprint density at radius 3 is 2.44 bits per heavy atom. The maximum atomic E-state index is 11.6. The van der Waals surface area contributed by atoms with Gasteiger partial charge in [0.15, 0.2) is 0 Å². The number of amides is 2. The summed E-state index contributed by atoms with van der Waals surface area (Å²) in [5.74, 6) is -0.671. The summed E-state index contributed by atoms with van der Waals surface area (Å²) in [6.45, 7) is 5.47. The summed E-state index contributed by atoms with van der Waals surface area (Å²) in [5.41, 5.74) is -0.310. The predicted octanol–water partition coefficient (Wildman–Crippen LogP) is 0.0194. The lowest BCUT2D eigenvalue weighted by molar-refractivity contribution is -0.121. The maximum absolute atomic E-state index is 11.6. The molecule has 0 fully saturated rings. The monoisotopic (exact) mass is 251 g/mol. The number of nitrogens with one attached hydrogen (secondary N) is 3. The van der Waals surface area contributed by atoms with Crippen LogP contribution in [0.5, 0.6) is 0 Å². The first-order chi connectivity index (χ1) is 8.28. The molecule has 18 heavy (non-hydrogen) atoms. The van der Waals surface area contributed by atoms with Crippen LogP contribution >= 0.6 is 0 Å². The van der Waals surface area contributed by atoms with Crippen molar-refractivity contribution in [2.24, 2.45) is 0 Å². The Morgan fingerprint density at radius 1 is 1.28 bits per heavy atom. The first-order valence-corrected chi connectivity index (χ1v) is 5.56. The lowest BCUT2D eigenvalue weighted by Crippen LogP contribution is -2.45. The molecular formula is C12H17N3O3. The topological polar surface area (TPSA) is 91.1 Å². The van der Waals surface area contributed by atoms with Crippen molar-refractivity contribution in [3.63, 3.8) is 0 Å². The van der Waals surface area contributed by atoms with Gasteiger partial charge in [0.25, 0.3) is 5.91 Å². The molecule has 6 nitrogen and oxygen atoms in total. The molecule has 1 aromatic rings. The Balaban J connectivity index is 2.49. The minimum absolute atomic E-state index is 0.102. The highest BCUT2D eigenvalue weighted by Crippen LogP contribution is 1.97. The van der Waals surface area contributed by atoms with Crippen LogP contribution in [-0.2, 0) is 4.79 Å². The van der Waals surface area contributed by atoms with Gasteiger partial charge in [-0.15, -0.1) is 0 Å². The average Bonchev–Trinajstić information content (AvgIpc) is 2.24. The summed E-state index contributed by atoms with van der Waals surface area (Å²) in [7, 11) is 0. The highest BCUT2D eigenvalue weighted by atomic mass is 16.2. The Labute approximate surface area is 105 Å². The third kappa shape index (κ3) is 4.82. The Kier molecular flexibility index (Phi) is 4.25. The van der Waals surface area contributed by atoms with Gasteiger partial charge in [0.2, 0.25) is 11.5 Å². The van der Waals surface area contributed by atoms with Crippen LogP contribution in [0.4, 0.5) is 0 Å². The predicted molar refractivity (Wildman–Crippen MR) is 67.3 cm³/mol. The number of pyridine rings is 1. The molecule has 0 spiro atoms. The number of carbonyl (C=O) groups is 2. The molecule has 1 rings (SSSR count). The molecule has 0 aliphatic carbocycles. The first-order valence-electron chi connectivity index (χ1n) is 5.56. The fourth-order valence-corrected chi connectivity index (χ4v) is 1.28. The van der Waals surface area contributed by atoms with E-state index in [0.29, 0.717) is 5.56 Å². The third-order valence-corrected chi connectivity index (χ3v) is 1.97. The SMILES string of the molecule is CC(C)(C)NC(=O)CNC(=O)c1ccc(=O)[nH]c1. The van der Waals surface area contributed by atoms with Gasteiger partial charge in [-0.2, -0.15) is 0 Å². The van der Waals surface area contributed by atoms with Crippen LogP contribution in [0.1, 0.15) is 31.1 Å². The molecule has 0 bridgehead atoms. The van der Waals surface area contributed by atoms with Gasteiger partial charge in [-0.25, -0.2) is 0 Å². The largest absolute Gasteiger partial charge is 0.350 e. The van der Waals surface area contributed by atoms with Gasteiger partial charge in [-0.05, 0) is 26.8 Å². The zero-order valence-corrected chi connectivity index (χ0v) is 10.7. The van der Waals surface area contributed by atoms with E-state index in [2.05, 4.69) is 15.6 Å². The lowest BCUT2D eigenvalue weighted by atomic mass is 10.1. The average molecular weight is 251 g/mol. The van der Waals surface area contributed by atoms with Crippen LogP contribution in [0.15, 0.2) is 23.1 Å². The van der Waals surface area contributed by atoms with Crippen LogP contribution in [0.25, 0.3) is 0 Å². The second-order valence-electron chi connectivity index (χ2n) is 4.92.